The molecule has 0 atom stereocenters. The Morgan fingerprint density at radius 2 is 2.00 bits per heavy atom. The van der Waals surface area contributed by atoms with E-state index >= 15 is 0 Å². The first-order chi connectivity index (χ1) is 6.31. The molecule has 62 valence electrons. The predicted molar refractivity (Wildman–Crippen MR) is 62.2 cm³/mol. The van der Waals surface area contributed by atoms with Gasteiger partial charge in [0.15, 0.2) is 0 Å². The Kier molecular flexibility index (Phi) is 2.09. The Morgan fingerprint density at radius 1 is 1.15 bits per heavy atom. The second-order valence-electron chi connectivity index (χ2n) is 3.30. The molecule has 3 heteroatoms. The molecule has 1 heterocycles. The molecule has 1 aromatic heterocycles. The summed E-state index contributed by atoms with van der Waals surface area (Å²) in [5.74, 6) is 0. The average molecular weight is 167 g/mol. The molecule has 0 unspecified atom stereocenters. The van der Waals surface area contributed by atoms with Crippen LogP contribution in [0.2, 0.25) is 0 Å². The summed E-state index contributed by atoms with van der Waals surface area (Å²) in [6.07, 6.45) is 1.00. The van der Waals surface area contributed by atoms with Gasteiger partial charge in [-0.25, -0.2) is 0 Å². The molecule has 0 aliphatic rings. The first-order valence-electron chi connectivity index (χ1n) is 4.66. The van der Waals surface area contributed by atoms with Crippen LogP contribution < -0.4 is 5.46 Å². The molecule has 1 nitrogen and oxygen atoms in total. The van der Waals surface area contributed by atoms with Crippen LogP contribution in [0.3, 0.4) is 0 Å². The Balaban J connectivity index is 2.74. The molecule has 2 rings (SSSR count). The zero-order chi connectivity index (χ0) is 9.26. The molecule has 0 fully saturated rings. The molecule has 0 aliphatic heterocycles. The van der Waals surface area contributed by atoms with Gasteiger partial charge in [0.2, 0.25) is 0 Å². The molecule has 2 aromatic rings. The lowest BCUT2D eigenvalue weighted by atomic mass is 9.92. The molecule has 0 radical (unpaired) electrons. The lowest BCUT2D eigenvalue weighted by Crippen LogP contribution is -2.06. The second-order valence-corrected chi connectivity index (χ2v) is 3.30. The molecule has 13 heavy (non-hydrogen) atoms. The summed E-state index contributed by atoms with van der Waals surface area (Å²) >= 11 is 0. The summed E-state index contributed by atoms with van der Waals surface area (Å²) in [7, 11) is 4.24. The van der Waals surface area contributed by atoms with Gasteiger partial charge in [-0.3, -0.25) is 4.98 Å². The summed E-state index contributed by atoms with van der Waals surface area (Å²) in [6.45, 7) is 0. The molecule has 0 bridgehead atoms. The third kappa shape index (κ3) is 1.46. The molecule has 0 saturated carbocycles. The number of aromatic nitrogens is 1. The van der Waals surface area contributed by atoms with Crippen LogP contribution in [0.15, 0.2) is 30.3 Å². The normalized spacial score (nSPS) is 10.5. The molecule has 0 N–H and O–H groups in total. The average Bonchev–Trinajstić information content (AvgIpc) is 2.18. The highest BCUT2D eigenvalue weighted by Gasteiger charge is 1.98. The van der Waals surface area contributed by atoms with Gasteiger partial charge in [0.05, 0.1) is 5.52 Å². The van der Waals surface area contributed by atoms with Crippen LogP contribution in [0.1, 0.15) is 5.69 Å². The van der Waals surface area contributed by atoms with Gasteiger partial charge in [-0.05, 0) is 17.8 Å². The monoisotopic (exact) mass is 167 g/mol. The van der Waals surface area contributed by atoms with Crippen LogP contribution in [-0.2, 0) is 6.32 Å². The van der Waals surface area contributed by atoms with Crippen molar-refractivity contribution in [2.75, 3.05) is 0 Å². The van der Waals surface area contributed by atoms with E-state index < -0.39 is 0 Å². The molecule has 0 amide bonds. The maximum atomic E-state index is 4.59. The van der Waals surface area contributed by atoms with Crippen molar-refractivity contribution in [3.63, 3.8) is 0 Å². The van der Waals surface area contributed by atoms with E-state index in [0.717, 1.165) is 11.8 Å². The highest BCUT2D eigenvalue weighted by atomic mass is 14.7. The van der Waals surface area contributed by atoms with Crippen molar-refractivity contribution in [1.82, 2.24) is 4.98 Å². The summed E-state index contributed by atoms with van der Waals surface area (Å²) in [5.41, 5.74) is 3.57. The smallest absolute Gasteiger partial charge is 0.142 e. The van der Waals surface area contributed by atoms with E-state index in [2.05, 4.69) is 51.0 Å². The van der Waals surface area contributed by atoms with Crippen molar-refractivity contribution in [2.24, 2.45) is 0 Å². The minimum Gasteiger partial charge on any atom is -0.254 e. The fourth-order valence-electron chi connectivity index (χ4n) is 1.53. The zero-order valence-corrected chi connectivity index (χ0v) is 8.04. The minimum absolute atomic E-state index is 1.00. The van der Waals surface area contributed by atoms with Gasteiger partial charge in [-0.15, -0.1) is 0 Å². The fraction of sp³-hybridized carbons (Fsp3) is 0.100. The first-order valence-corrected chi connectivity index (χ1v) is 4.66. The van der Waals surface area contributed by atoms with E-state index in [9.17, 15) is 0 Å². The quantitative estimate of drug-likeness (QED) is 0.527. The van der Waals surface area contributed by atoms with Crippen molar-refractivity contribution in [3.8, 4) is 0 Å². The predicted octanol–water partition coefficient (Wildman–Crippen LogP) is -0.374. The summed E-state index contributed by atoms with van der Waals surface area (Å²) in [4.78, 5) is 4.59. The van der Waals surface area contributed by atoms with Gasteiger partial charge < -0.3 is 0 Å². The first kappa shape index (κ1) is 8.36. The number of nitrogens with zero attached hydrogens (tertiary/aromatic N) is 1. The van der Waals surface area contributed by atoms with Gasteiger partial charge in [-0.2, -0.15) is 0 Å². The Labute approximate surface area is 80.0 Å². The summed E-state index contributed by atoms with van der Waals surface area (Å²) in [6, 6.07) is 10.5. The number of fused-ring (bicyclic) bond motifs is 1. The number of benzene rings is 1. The van der Waals surface area contributed by atoms with E-state index in [1.165, 1.54) is 16.5 Å². The Hall–Kier alpha value is -1.24. The number of hydrogen-bond acceptors (Lipinski definition) is 1. The Morgan fingerprint density at radius 3 is 2.77 bits per heavy atom. The van der Waals surface area contributed by atoms with Crippen LogP contribution >= 0.6 is 0 Å². The highest BCUT2D eigenvalue weighted by Crippen LogP contribution is 2.09. The summed E-state index contributed by atoms with van der Waals surface area (Å²) in [5, 5.41) is 1.23. The highest BCUT2D eigenvalue weighted by molar-refractivity contribution is 6.38. The third-order valence-electron chi connectivity index (χ3n) is 2.34. The zero-order valence-electron chi connectivity index (χ0n) is 8.04. The van der Waals surface area contributed by atoms with Gasteiger partial charge in [0, 0.05) is 5.69 Å². The van der Waals surface area contributed by atoms with E-state index in [1.807, 2.05) is 0 Å². The van der Waals surface area contributed by atoms with Crippen molar-refractivity contribution < 1.29 is 0 Å². The van der Waals surface area contributed by atoms with Gasteiger partial charge in [0.1, 0.15) is 15.7 Å². The van der Waals surface area contributed by atoms with Crippen molar-refractivity contribution in [2.45, 2.75) is 6.32 Å². The molecule has 1 aromatic carbocycles. The SMILES string of the molecule is BCc1ccc2cccc(B)c2n1. The number of para-hydroxylation sites is 1. The minimum atomic E-state index is 1.00. The van der Waals surface area contributed by atoms with Crippen LogP contribution in [0.4, 0.5) is 0 Å². The van der Waals surface area contributed by atoms with Crippen molar-refractivity contribution >= 4 is 32.1 Å². The van der Waals surface area contributed by atoms with Gasteiger partial charge in [0.25, 0.3) is 0 Å². The van der Waals surface area contributed by atoms with Gasteiger partial charge >= 0.3 is 0 Å². The Bertz CT molecular complexity index is 440. The second kappa shape index (κ2) is 3.25. The van der Waals surface area contributed by atoms with Crippen LogP contribution in [0.25, 0.3) is 10.9 Å². The van der Waals surface area contributed by atoms with Crippen LogP contribution in [-0.4, -0.2) is 20.7 Å². The number of rotatable bonds is 1. The standard InChI is InChI=1S/C10H11B2N/c11-6-8-5-4-7-2-1-3-9(12)10(7)13-8/h1-5H,6,11-12H2. The van der Waals surface area contributed by atoms with Crippen molar-refractivity contribution in [1.29, 1.82) is 0 Å². The molecule has 0 saturated heterocycles. The van der Waals surface area contributed by atoms with E-state index in [4.69, 9.17) is 0 Å². The largest absolute Gasteiger partial charge is 0.254 e. The molecule has 0 aliphatic carbocycles. The number of hydrogen-bond donors (Lipinski definition) is 0. The van der Waals surface area contributed by atoms with E-state index in [1.54, 1.807) is 0 Å². The van der Waals surface area contributed by atoms with Crippen LogP contribution in [0.5, 0.6) is 0 Å². The topological polar surface area (TPSA) is 12.9 Å². The third-order valence-corrected chi connectivity index (χ3v) is 2.34. The molecular weight excluding hydrogens is 156 g/mol. The lowest BCUT2D eigenvalue weighted by molar-refractivity contribution is 1.22. The maximum absolute atomic E-state index is 4.59. The van der Waals surface area contributed by atoms with E-state index in [-0.39, 0.29) is 0 Å². The molecular formula is C10H11B2N. The maximum Gasteiger partial charge on any atom is 0.142 e. The molecule has 0 spiro atoms. The fourth-order valence-corrected chi connectivity index (χ4v) is 1.53. The van der Waals surface area contributed by atoms with Gasteiger partial charge in [-0.1, -0.05) is 29.7 Å². The van der Waals surface area contributed by atoms with Crippen LogP contribution in [0, 0.1) is 0 Å². The van der Waals surface area contributed by atoms with E-state index in [0.29, 0.717) is 0 Å². The lowest BCUT2D eigenvalue weighted by Gasteiger charge is -2.02. The van der Waals surface area contributed by atoms with Crippen molar-refractivity contribution in [3.05, 3.63) is 36.0 Å². The number of pyridine rings is 1. The summed E-state index contributed by atoms with van der Waals surface area (Å²) < 4.78 is 0.